The lowest BCUT2D eigenvalue weighted by Gasteiger charge is -2.24. The van der Waals surface area contributed by atoms with Gasteiger partial charge in [0.05, 0.1) is 24.7 Å². The van der Waals surface area contributed by atoms with Crippen molar-refractivity contribution in [3.8, 4) is 0 Å². The summed E-state index contributed by atoms with van der Waals surface area (Å²) in [5.41, 5.74) is 6.02. The van der Waals surface area contributed by atoms with Crippen LogP contribution in [-0.4, -0.2) is 21.1 Å². The predicted molar refractivity (Wildman–Crippen MR) is 78.1 cm³/mol. The van der Waals surface area contributed by atoms with Crippen LogP contribution < -0.4 is 11.3 Å². The quantitative estimate of drug-likeness (QED) is 0.626. The lowest BCUT2D eigenvalue weighted by Crippen LogP contribution is -2.36. The number of nitrogens with zero attached hydrogens (tertiary/aromatic N) is 2. The number of aryl methyl sites for hydroxylation is 1. The van der Waals surface area contributed by atoms with Gasteiger partial charge < -0.3 is 5.73 Å². The van der Waals surface area contributed by atoms with Gasteiger partial charge in [0, 0.05) is 12.1 Å². The van der Waals surface area contributed by atoms with Gasteiger partial charge in [-0.25, -0.2) is 4.98 Å². The van der Waals surface area contributed by atoms with Crippen molar-refractivity contribution in [2.24, 2.45) is 0 Å². The molecule has 1 aliphatic rings. The van der Waals surface area contributed by atoms with E-state index in [-0.39, 0.29) is 41.9 Å². The number of nitrogens with two attached hydrogens (primary N) is 1. The van der Waals surface area contributed by atoms with Crippen LogP contribution >= 0.6 is 0 Å². The number of carbonyl (C=O) groups is 2. The number of anilines is 1. The van der Waals surface area contributed by atoms with Crippen molar-refractivity contribution in [1.29, 1.82) is 0 Å². The van der Waals surface area contributed by atoms with Crippen LogP contribution in [-0.2, 0) is 9.59 Å². The number of aromatic nitrogens is 2. The minimum Gasteiger partial charge on any atom is -0.398 e. The summed E-state index contributed by atoms with van der Waals surface area (Å²) in [6.45, 7) is 1.57. The van der Waals surface area contributed by atoms with E-state index in [2.05, 4.69) is 4.98 Å². The minimum absolute atomic E-state index is 0.0225. The molecule has 0 amide bonds. The standard InChI is InChI=1S/C15H15N3O3/c1-8-17-11-4-2-3-10(16)14(11)15(21)18(8)12-6-5-9(19)7-13(12)20/h2-4,12H,5-7,16H2,1H3/i12D. The van der Waals surface area contributed by atoms with Crippen molar-refractivity contribution in [2.75, 3.05) is 5.73 Å². The summed E-state index contributed by atoms with van der Waals surface area (Å²) in [4.78, 5) is 40.7. The van der Waals surface area contributed by atoms with Crippen LogP contribution in [0.1, 0.15) is 32.5 Å². The van der Waals surface area contributed by atoms with Gasteiger partial charge in [0.2, 0.25) is 0 Å². The third-order valence-electron chi connectivity index (χ3n) is 3.69. The smallest absolute Gasteiger partial charge is 0.264 e. The predicted octanol–water partition coefficient (Wildman–Crippen LogP) is 1.15. The number of benzene rings is 1. The average molecular weight is 286 g/mol. The fourth-order valence-corrected chi connectivity index (χ4v) is 2.69. The Morgan fingerprint density at radius 2 is 2.14 bits per heavy atom. The first-order chi connectivity index (χ1) is 10.3. The number of carbonyl (C=O) groups excluding carboxylic acids is 2. The molecule has 0 saturated heterocycles. The van der Waals surface area contributed by atoms with E-state index < -0.39 is 17.4 Å². The lowest BCUT2D eigenvalue weighted by atomic mass is 9.92. The highest BCUT2D eigenvalue weighted by Crippen LogP contribution is 2.24. The molecule has 2 N–H and O–H groups in total. The summed E-state index contributed by atoms with van der Waals surface area (Å²) in [5, 5.41) is 0.199. The third kappa shape index (κ3) is 2.12. The largest absolute Gasteiger partial charge is 0.398 e. The molecule has 6 nitrogen and oxygen atoms in total. The van der Waals surface area contributed by atoms with Crippen molar-refractivity contribution in [3.05, 3.63) is 34.4 Å². The normalized spacial score (nSPS) is 23.4. The van der Waals surface area contributed by atoms with Gasteiger partial charge in [-0.1, -0.05) is 6.07 Å². The topological polar surface area (TPSA) is 95.1 Å². The van der Waals surface area contributed by atoms with Crippen LogP contribution in [0.25, 0.3) is 10.9 Å². The minimum atomic E-state index is -1.79. The van der Waals surface area contributed by atoms with Gasteiger partial charge in [0.1, 0.15) is 11.6 Å². The molecule has 1 unspecified atom stereocenters. The second kappa shape index (κ2) is 4.80. The molecular formula is C15H15N3O3. The van der Waals surface area contributed by atoms with Crippen LogP contribution in [0.15, 0.2) is 23.0 Å². The molecule has 2 aromatic rings. The number of rotatable bonds is 1. The van der Waals surface area contributed by atoms with Crippen LogP contribution in [0.5, 0.6) is 0 Å². The molecule has 1 heterocycles. The van der Waals surface area contributed by atoms with E-state index in [9.17, 15) is 14.4 Å². The summed E-state index contributed by atoms with van der Waals surface area (Å²) < 4.78 is 9.54. The zero-order chi connectivity index (χ0) is 16.1. The fraction of sp³-hybridized carbons (Fsp3) is 0.333. The Hall–Kier alpha value is -2.50. The van der Waals surface area contributed by atoms with Gasteiger partial charge in [0.15, 0.2) is 5.78 Å². The highest BCUT2D eigenvalue weighted by Gasteiger charge is 2.30. The Bertz CT molecular complexity index is 874. The highest BCUT2D eigenvalue weighted by atomic mass is 16.2. The van der Waals surface area contributed by atoms with Crippen molar-refractivity contribution in [3.63, 3.8) is 0 Å². The zero-order valence-corrected chi connectivity index (χ0v) is 11.5. The fourth-order valence-electron chi connectivity index (χ4n) is 2.69. The molecule has 1 aliphatic carbocycles. The van der Waals surface area contributed by atoms with E-state index >= 15 is 0 Å². The van der Waals surface area contributed by atoms with Gasteiger partial charge >= 0.3 is 0 Å². The molecule has 1 saturated carbocycles. The van der Waals surface area contributed by atoms with Gasteiger partial charge in [-0.2, -0.15) is 0 Å². The Morgan fingerprint density at radius 3 is 2.86 bits per heavy atom. The lowest BCUT2D eigenvalue weighted by molar-refractivity contribution is -0.132. The van der Waals surface area contributed by atoms with Crippen molar-refractivity contribution < 1.29 is 11.0 Å². The summed E-state index contributed by atoms with van der Waals surface area (Å²) in [6.07, 6.45) is -0.244. The molecule has 0 bridgehead atoms. The monoisotopic (exact) mass is 286 g/mol. The number of hydrogen-bond donors (Lipinski definition) is 1. The molecule has 0 radical (unpaired) electrons. The van der Waals surface area contributed by atoms with Gasteiger partial charge in [-0.3, -0.25) is 19.0 Å². The molecule has 3 rings (SSSR count). The van der Waals surface area contributed by atoms with E-state index in [4.69, 9.17) is 7.10 Å². The number of ketones is 2. The van der Waals surface area contributed by atoms with E-state index in [1.54, 1.807) is 25.1 Å². The van der Waals surface area contributed by atoms with E-state index in [1.807, 2.05) is 0 Å². The Balaban J connectivity index is 2.32. The van der Waals surface area contributed by atoms with Crippen molar-refractivity contribution >= 4 is 28.2 Å². The maximum atomic E-state index is 12.8. The molecule has 6 heteroatoms. The molecule has 1 fully saturated rings. The maximum Gasteiger partial charge on any atom is 0.264 e. The second-order valence-electron chi connectivity index (χ2n) is 5.13. The Morgan fingerprint density at radius 1 is 1.38 bits per heavy atom. The molecule has 21 heavy (non-hydrogen) atoms. The first-order valence-electron chi connectivity index (χ1n) is 7.18. The maximum absolute atomic E-state index is 12.8. The van der Waals surface area contributed by atoms with Crippen molar-refractivity contribution in [1.82, 2.24) is 9.55 Å². The molecule has 0 aliphatic heterocycles. The molecule has 108 valence electrons. The first kappa shape index (κ1) is 12.3. The van der Waals surface area contributed by atoms with Gasteiger partial charge in [-0.05, 0) is 25.5 Å². The summed E-state index contributed by atoms with van der Waals surface area (Å²) >= 11 is 0. The second-order valence-corrected chi connectivity index (χ2v) is 5.13. The van der Waals surface area contributed by atoms with Crippen LogP contribution in [0.2, 0.25) is 0 Å². The van der Waals surface area contributed by atoms with Crippen LogP contribution in [0.4, 0.5) is 5.69 Å². The SMILES string of the molecule is [2H]C1(n2c(C)nc3cccc(N)c3c2=O)CCC(=O)CC1=O. The first-order valence-corrected chi connectivity index (χ1v) is 6.68. The molecule has 1 aromatic carbocycles. The summed E-state index contributed by atoms with van der Waals surface area (Å²) in [6, 6.07) is 3.13. The Kier molecular flexibility index (Phi) is 2.80. The van der Waals surface area contributed by atoms with E-state index in [1.165, 1.54) is 0 Å². The third-order valence-corrected chi connectivity index (χ3v) is 3.69. The highest BCUT2D eigenvalue weighted by molar-refractivity contribution is 6.03. The van der Waals surface area contributed by atoms with Crippen molar-refractivity contribution in [2.45, 2.75) is 32.2 Å². The van der Waals surface area contributed by atoms with Gasteiger partial charge in [0.25, 0.3) is 5.56 Å². The average Bonchev–Trinajstić information content (AvgIpc) is 2.43. The number of fused-ring (bicyclic) bond motifs is 1. The summed E-state index contributed by atoms with van der Waals surface area (Å²) in [7, 11) is 0. The van der Waals surface area contributed by atoms with E-state index in [0.29, 0.717) is 5.52 Å². The number of nitrogen functional groups attached to an aromatic ring is 1. The summed E-state index contributed by atoms with van der Waals surface area (Å²) in [5.74, 6) is -0.516. The molecular weight excluding hydrogens is 270 g/mol. The van der Waals surface area contributed by atoms with Gasteiger partial charge in [-0.15, -0.1) is 0 Å². The number of Topliss-reactive ketones (excluding diaryl/α,β-unsaturated/α-hetero) is 2. The molecule has 0 spiro atoms. The molecule has 1 aromatic heterocycles. The van der Waals surface area contributed by atoms with Crippen LogP contribution in [0, 0.1) is 6.92 Å². The Labute approximate surface area is 122 Å². The number of hydrogen-bond acceptors (Lipinski definition) is 5. The zero-order valence-electron chi connectivity index (χ0n) is 12.5. The molecule has 1 atom stereocenters. The van der Waals surface area contributed by atoms with E-state index in [0.717, 1.165) is 4.57 Å². The van der Waals surface area contributed by atoms with Crippen LogP contribution in [0.3, 0.4) is 0 Å².